The predicted molar refractivity (Wildman–Crippen MR) is 88.6 cm³/mol. The molecule has 1 aromatic rings. The zero-order chi connectivity index (χ0) is 16.7. The Labute approximate surface area is 132 Å². The van der Waals surface area contributed by atoms with E-state index < -0.39 is 12.0 Å². The highest BCUT2D eigenvalue weighted by Crippen LogP contribution is 2.15. The lowest BCUT2D eigenvalue weighted by molar-refractivity contribution is -0.141. The number of hydrogen-bond donors (Lipinski definition) is 2. The molecule has 22 heavy (non-hydrogen) atoms. The highest BCUT2D eigenvalue weighted by molar-refractivity contribution is 5.94. The van der Waals surface area contributed by atoms with Gasteiger partial charge in [-0.3, -0.25) is 4.79 Å². The summed E-state index contributed by atoms with van der Waals surface area (Å²) in [5.41, 5.74) is 2.15. The van der Waals surface area contributed by atoms with E-state index in [-0.39, 0.29) is 11.8 Å². The van der Waals surface area contributed by atoms with Crippen molar-refractivity contribution < 1.29 is 14.7 Å². The number of rotatable bonds is 7. The summed E-state index contributed by atoms with van der Waals surface area (Å²) in [5, 5.41) is 11.6. The topological polar surface area (TPSA) is 66.4 Å². The first-order valence-electron chi connectivity index (χ1n) is 7.61. The molecule has 1 amide bonds. The van der Waals surface area contributed by atoms with Gasteiger partial charge >= 0.3 is 5.97 Å². The molecule has 4 heteroatoms. The minimum atomic E-state index is -1.00. The molecule has 0 saturated carbocycles. The average molecular weight is 303 g/mol. The second kappa shape index (κ2) is 8.37. The monoisotopic (exact) mass is 303 g/mol. The fourth-order valence-corrected chi connectivity index (χ4v) is 2.08. The van der Waals surface area contributed by atoms with Gasteiger partial charge in [0.25, 0.3) is 0 Å². The SMILES string of the molecule is CC(C)CC(NC(=O)/C=C/c1ccc(C(C)C)cc1)C(=O)O. The van der Waals surface area contributed by atoms with E-state index >= 15 is 0 Å². The Morgan fingerprint density at radius 2 is 1.73 bits per heavy atom. The van der Waals surface area contributed by atoms with Gasteiger partial charge in [-0.05, 0) is 35.5 Å². The van der Waals surface area contributed by atoms with Crippen molar-refractivity contribution in [2.45, 2.75) is 46.1 Å². The van der Waals surface area contributed by atoms with Gasteiger partial charge < -0.3 is 10.4 Å². The van der Waals surface area contributed by atoms with Crippen LogP contribution >= 0.6 is 0 Å². The van der Waals surface area contributed by atoms with E-state index in [2.05, 4.69) is 19.2 Å². The van der Waals surface area contributed by atoms with Crippen molar-refractivity contribution in [2.24, 2.45) is 5.92 Å². The Morgan fingerprint density at radius 1 is 1.14 bits per heavy atom. The van der Waals surface area contributed by atoms with Crippen LogP contribution in [0.5, 0.6) is 0 Å². The molecule has 0 fully saturated rings. The standard InChI is InChI=1S/C18H25NO3/c1-12(2)11-16(18(21)22)19-17(20)10-7-14-5-8-15(9-6-14)13(3)4/h5-10,12-13,16H,11H2,1-4H3,(H,19,20)(H,21,22)/b10-7+. The van der Waals surface area contributed by atoms with Crippen LogP contribution in [-0.4, -0.2) is 23.0 Å². The Kier molecular flexibility index (Phi) is 6.83. The van der Waals surface area contributed by atoms with E-state index in [1.165, 1.54) is 11.6 Å². The molecule has 0 spiro atoms. The van der Waals surface area contributed by atoms with E-state index in [0.29, 0.717) is 12.3 Å². The van der Waals surface area contributed by atoms with Crippen LogP contribution in [0.3, 0.4) is 0 Å². The van der Waals surface area contributed by atoms with Gasteiger partial charge in [-0.15, -0.1) is 0 Å². The van der Waals surface area contributed by atoms with E-state index in [9.17, 15) is 9.59 Å². The molecule has 0 heterocycles. The molecule has 0 aliphatic carbocycles. The maximum atomic E-state index is 11.8. The number of benzene rings is 1. The van der Waals surface area contributed by atoms with E-state index in [0.717, 1.165) is 5.56 Å². The van der Waals surface area contributed by atoms with Crippen molar-refractivity contribution in [2.75, 3.05) is 0 Å². The molecule has 0 bridgehead atoms. The minimum Gasteiger partial charge on any atom is -0.480 e. The van der Waals surface area contributed by atoms with Crippen LogP contribution in [0.2, 0.25) is 0 Å². The summed E-state index contributed by atoms with van der Waals surface area (Å²) in [6, 6.07) is 7.10. The van der Waals surface area contributed by atoms with Crippen LogP contribution in [0.1, 0.15) is 51.2 Å². The molecular formula is C18H25NO3. The normalized spacial score (nSPS) is 12.8. The highest BCUT2D eigenvalue weighted by atomic mass is 16.4. The molecule has 0 radical (unpaired) electrons. The molecule has 1 unspecified atom stereocenters. The van der Waals surface area contributed by atoms with Gasteiger partial charge in [0.1, 0.15) is 6.04 Å². The summed E-state index contributed by atoms with van der Waals surface area (Å²) in [5.74, 6) is -0.722. The molecule has 0 saturated heterocycles. The number of hydrogen-bond acceptors (Lipinski definition) is 2. The third kappa shape index (κ3) is 6.12. The largest absolute Gasteiger partial charge is 0.480 e. The fraction of sp³-hybridized carbons (Fsp3) is 0.444. The molecule has 1 aromatic carbocycles. The lowest BCUT2D eigenvalue weighted by Crippen LogP contribution is -2.40. The van der Waals surface area contributed by atoms with Crippen molar-refractivity contribution in [3.8, 4) is 0 Å². The summed E-state index contributed by atoms with van der Waals surface area (Å²) in [6.07, 6.45) is 3.48. The van der Waals surface area contributed by atoms with Crippen molar-refractivity contribution >= 4 is 18.0 Å². The molecule has 4 nitrogen and oxygen atoms in total. The lowest BCUT2D eigenvalue weighted by Gasteiger charge is -2.15. The van der Waals surface area contributed by atoms with Gasteiger partial charge in [0, 0.05) is 6.08 Å². The third-order valence-electron chi connectivity index (χ3n) is 3.35. The van der Waals surface area contributed by atoms with Crippen molar-refractivity contribution in [3.63, 3.8) is 0 Å². The summed E-state index contributed by atoms with van der Waals surface area (Å²) in [7, 11) is 0. The highest BCUT2D eigenvalue weighted by Gasteiger charge is 2.19. The van der Waals surface area contributed by atoms with E-state index in [4.69, 9.17) is 5.11 Å². The van der Waals surface area contributed by atoms with Crippen LogP contribution in [0, 0.1) is 5.92 Å². The van der Waals surface area contributed by atoms with Crippen LogP contribution in [0.25, 0.3) is 6.08 Å². The van der Waals surface area contributed by atoms with Gasteiger partial charge in [0.05, 0.1) is 0 Å². The van der Waals surface area contributed by atoms with Crippen molar-refractivity contribution in [3.05, 3.63) is 41.5 Å². The minimum absolute atomic E-state index is 0.203. The van der Waals surface area contributed by atoms with E-state index in [1.54, 1.807) is 6.08 Å². The number of carboxylic acid groups (broad SMARTS) is 1. The maximum Gasteiger partial charge on any atom is 0.326 e. The summed E-state index contributed by atoms with van der Waals surface area (Å²) in [4.78, 5) is 22.9. The molecule has 0 aliphatic heterocycles. The molecular weight excluding hydrogens is 278 g/mol. The second-order valence-corrected chi connectivity index (χ2v) is 6.18. The second-order valence-electron chi connectivity index (χ2n) is 6.18. The summed E-state index contributed by atoms with van der Waals surface area (Å²) < 4.78 is 0. The van der Waals surface area contributed by atoms with Gasteiger partial charge in [-0.2, -0.15) is 0 Å². The van der Waals surface area contributed by atoms with Crippen LogP contribution < -0.4 is 5.32 Å². The zero-order valence-electron chi connectivity index (χ0n) is 13.7. The number of nitrogens with one attached hydrogen (secondary N) is 1. The number of carbonyl (C=O) groups excluding carboxylic acids is 1. The Bertz CT molecular complexity index is 530. The average Bonchev–Trinajstić information content (AvgIpc) is 2.44. The van der Waals surface area contributed by atoms with Crippen LogP contribution in [0.15, 0.2) is 30.3 Å². The van der Waals surface area contributed by atoms with Gasteiger partial charge in [0.15, 0.2) is 0 Å². The smallest absolute Gasteiger partial charge is 0.326 e. The summed E-state index contributed by atoms with van der Waals surface area (Å²) in [6.45, 7) is 8.10. The molecule has 1 atom stereocenters. The first-order valence-corrected chi connectivity index (χ1v) is 7.61. The van der Waals surface area contributed by atoms with Gasteiger partial charge in [-0.25, -0.2) is 4.79 Å². The van der Waals surface area contributed by atoms with E-state index in [1.807, 2.05) is 38.1 Å². The van der Waals surface area contributed by atoms with Crippen molar-refractivity contribution in [1.29, 1.82) is 0 Å². The number of carbonyl (C=O) groups is 2. The van der Waals surface area contributed by atoms with Crippen LogP contribution in [0.4, 0.5) is 0 Å². The molecule has 120 valence electrons. The Hall–Kier alpha value is -2.10. The zero-order valence-corrected chi connectivity index (χ0v) is 13.7. The molecule has 1 rings (SSSR count). The molecule has 0 aliphatic rings. The summed E-state index contributed by atoms with van der Waals surface area (Å²) >= 11 is 0. The first kappa shape index (κ1) is 18.0. The number of amides is 1. The predicted octanol–water partition coefficient (Wildman–Crippen LogP) is 3.44. The Morgan fingerprint density at radius 3 is 2.18 bits per heavy atom. The van der Waals surface area contributed by atoms with Gasteiger partial charge in [-0.1, -0.05) is 52.0 Å². The molecule has 0 aromatic heterocycles. The lowest BCUT2D eigenvalue weighted by atomic mass is 10.0. The third-order valence-corrected chi connectivity index (χ3v) is 3.35. The maximum absolute atomic E-state index is 11.8. The van der Waals surface area contributed by atoms with Crippen molar-refractivity contribution in [1.82, 2.24) is 5.32 Å². The number of carboxylic acids is 1. The Balaban J connectivity index is 2.64. The van der Waals surface area contributed by atoms with Crippen LogP contribution in [-0.2, 0) is 9.59 Å². The quantitative estimate of drug-likeness (QED) is 0.758. The first-order chi connectivity index (χ1) is 10.3. The number of aliphatic carboxylic acids is 1. The molecule has 2 N–H and O–H groups in total. The van der Waals surface area contributed by atoms with Gasteiger partial charge in [0.2, 0.25) is 5.91 Å². The fourth-order valence-electron chi connectivity index (χ4n) is 2.08.